The zero-order valence-corrected chi connectivity index (χ0v) is 14.2. The van der Waals surface area contributed by atoms with Crippen LogP contribution in [0.15, 0.2) is 24.3 Å². The number of amides is 2. The molecular weight excluding hydrogens is 288 g/mol. The molecule has 0 radical (unpaired) electrons. The van der Waals surface area contributed by atoms with Crippen LogP contribution in [0.1, 0.15) is 54.9 Å². The van der Waals surface area contributed by atoms with E-state index in [2.05, 4.69) is 6.92 Å². The first-order valence-electron chi connectivity index (χ1n) is 8.76. The van der Waals surface area contributed by atoms with Crippen LogP contribution in [0.2, 0.25) is 0 Å². The molecule has 0 aromatic heterocycles. The van der Waals surface area contributed by atoms with Crippen molar-refractivity contribution in [3.05, 3.63) is 35.4 Å². The van der Waals surface area contributed by atoms with Gasteiger partial charge in [0.25, 0.3) is 5.91 Å². The molecule has 2 saturated heterocycles. The van der Waals surface area contributed by atoms with Crippen molar-refractivity contribution >= 4 is 11.8 Å². The van der Waals surface area contributed by atoms with Gasteiger partial charge >= 0.3 is 0 Å². The Morgan fingerprint density at radius 3 is 2.43 bits per heavy atom. The van der Waals surface area contributed by atoms with Crippen molar-refractivity contribution in [1.82, 2.24) is 9.80 Å². The largest absolute Gasteiger partial charge is 0.341 e. The summed E-state index contributed by atoms with van der Waals surface area (Å²) in [6.07, 6.45) is 4.49. The van der Waals surface area contributed by atoms with Crippen LogP contribution in [0, 0.1) is 6.92 Å². The van der Waals surface area contributed by atoms with Gasteiger partial charge in [0, 0.05) is 25.2 Å². The van der Waals surface area contributed by atoms with Crippen molar-refractivity contribution in [2.24, 2.45) is 0 Å². The molecule has 2 fully saturated rings. The number of nitrogens with zero attached hydrogens (tertiary/aromatic N) is 2. The summed E-state index contributed by atoms with van der Waals surface area (Å²) in [4.78, 5) is 29.9. The first-order chi connectivity index (χ1) is 11.1. The molecule has 2 heterocycles. The van der Waals surface area contributed by atoms with Gasteiger partial charge in [-0.15, -0.1) is 0 Å². The highest BCUT2D eigenvalue weighted by Gasteiger charge is 2.52. The second kappa shape index (κ2) is 6.34. The van der Waals surface area contributed by atoms with E-state index in [4.69, 9.17) is 0 Å². The number of carbonyl (C=O) groups excluding carboxylic acids is 2. The maximum atomic E-state index is 13.1. The van der Waals surface area contributed by atoms with Gasteiger partial charge in [-0.3, -0.25) is 9.59 Å². The average Bonchev–Trinajstić information content (AvgIpc) is 2.97. The highest BCUT2D eigenvalue weighted by Crippen LogP contribution is 2.39. The van der Waals surface area contributed by atoms with Crippen LogP contribution in [0.5, 0.6) is 0 Å². The number of carbonyl (C=O) groups is 2. The molecule has 2 aliphatic rings. The summed E-state index contributed by atoms with van der Waals surface area (Å²) >= 11 is 0. The van der Waals surface area contributed by atoms with Crippen molar-refractivity contribution in [1.29, 1.82) is 0 Å². The number of hydrogen-bond acceptors (Lipinski definition) is 2. The highest BCUT2D eigenvalue weighted by molar-refractivity contribution is 6.00. The van der Waals surface area contributed by atoms with Crippen LogP contribution >= 0.6 is 0 Å². The molecule has 1 unspecified atom stereocenters. The number of aryl methyl sites for hydroxylation is 1. The Balaban J connectivity index is 1.88. The summed E-state index contributed by atoms with van der Waals surface area (Å²) in [5, 5.41) is 0. The van der Waals surface area contributed by atoms with Gasteiger partial charge in [0.1, 0.15) is 5.54 Å². The van der Waals surface area contributed by atoms with Crippen LogP contribution in [-0.4, -0.2) is 46.8 Å². The molecule has 124 valence electrons. The fraction of sp³-hybridized carbons (Fsp3) is 0.579. The normalized spacial score (nSPS) is 24.5. The molecule has 2 aliphatic heterocycles. The molecule has 3 rings (SSSR count). The summed E-state index contributed by atoms with van der Waals surface area (Å²) in [6, 6.07) is 7.67. The lowest BCUT2D eigenvalue weighted by Gasteiger charge is -2.44. The Kier molecular flexibility index (Phi) is 4.42. The molecule has 2 amide bonds. The van der Waals surface area contributed by atoms with Gasteiger partial charge in [-0.1, -0.05) is 24.6 Å². The van der Waals surface area contributed by atoms with E-state index < -0.39 is 5.54 Å². The fourth-order valence-electron chi connectivity index (χ4n) is 4.06. The van der Waals surface area contributed by atoms with Crippen molar-refractivity contribution < 1.29 is 9.59 Å². The number of benzene rings is 1. The van der Waals surface area contributed by atoms with E-state index in [9.17, 15) is 9.59 Å². The third kappa shape index (κ3) is 2.75. The molecule has 0 N–H and O–H groups in total. The number of rotatable bonds is 3. The standard InChI is InChI=1S/C19H26N2O2/c1-3-12-20-13-4-10-19(18(20)23)11-5-14-21(19)17(22)16-8-6-15(2)7-9-16/h6-9H,3-5,10-14H2,1-2H3. The second-order valence-electron chi connectivity index (χ2n) is 6.85. The quantitative estimate of drug-likeness (QED) is 0.860. The maximum Gasteiger partial charge on any atom is 0.254 e. The minimum Gasteiger partial charge on any atom is -0.341 e. The van der Waals surface area contributed by atoms with Gasteiger partial charge in [0.05, 0.1) is 0 Å². The van der Waals surface area contributed by atoms with E-state index in [1.807, 2.05) is 41.0 Å². The maximum absolute atomic E-state index is 13.1. The zero-order chi connectivity index (χ0) is 16.4. The van der Waals surface area contributed by atoms with Gasteiger partial charge in [-0.05, 0) is 51.2 Å². The summed E-state index contributed by atoms with van der Waals surface area (Å²) in [7, 11) is 0. The lowest BCUT2D eigenvalue weighted by molar-refractivity contribution is -0.145. The van der Waals surface area contributed by atoms with Gasteiger partial charge in [0.2, 0.25) is 5.91 Å². The molecule has 0 aliphatic carbocycles. The van der Waals surface area contributed by atoms with Crippen molar-refractivity contribution in [3.8, 4) is 0 Å². The molecule has 1 spiro atoms. The van der Waals surface area contributed by atoms with Gasteiger partial charge in [-0.25, -0.2) is 0 Å². The first-order valence-corrected chi connectivity index (χ1v) is 8.76. The Morgan fingerprint density at radius 1 is 1.13 bits per heavy atom. The Bertz CT molecular complexity index is 594. The summed E-state index contributed by atoms with van der Waals surface area (Å²) in [6.45, 7) is 6.43. The Labute approximate surface area is 138 Å². The molecule has 1 atom stereocenters. The van der Waals surface area contributed by atoms with Crippen molar-refractivity contribution in [2.75, 3.05) is 19.6 Å². The lowest BCUT2D eigenvalue weighted by Crippen LogP contribution is -2.61. The zero-order valence-electron chi connectivity index (χ0n) is 14.2. The fourth-order valence-corrected chi connectivity index (χ4v) is 4.06. The Morgan fingerprint density at radius 2 is 1.78 bits per heavy atom. The van der Waals surface area contributed by atoms with E-state index in [0.29, 0.717) is 12.1 Å². The van der Waals surface area contributed by atoms with Crippen LogP contribution in [0.25, 0.3) is 0 Å². The molecule has 4 heteroatoms. The molecular formula is C19H26N2O2. The van der Waals surface area contributed by atoms with Gasteiger partial charge in [-0.2, -0.15) is 0 Å². The van der Waals surface area contributed by atoms with Crippen LogP contribution in [0.3, 0.4) is 0 Å². The third-order valence-electron chi connectivity index (χ3n) is 5.23. The number of likely N-dealkylation sites (tertiary alicyclic amines) is 2. The van der Waals surface area contributed by atoms with Crippen LogP contribution in [0.4, 0.5) is 0 Å². The smallest absolute Gasteiger partial charge is 0.254 e. The van der Waals surface area contributed by atoms with Crippen LogP contribution < -0.4 is 0 Å². The monoisotopic (exact) mass is 314 g/mol. The van der Waals surface area contributed by atoms with E-state index in [-0.39, 0.29) is 11.8 Å². The molecule has 0 bridgehead atoms. The predicted octanol–water partition coefficient (Wildman–Crippen LogP) is 3.00. The van der Waals surface area contributed by atoms with Crippen molar-refractivity contribution in [2.45, 2.75) is 51.5 Å². The van der Waals surface area contributed by atoms with Gasteiger partial charge < -0.3 is 9.80 Å². The minimum atomic E-state index is -0.588. The average molecular weight is 314 g/mol. The van der Waals surface area contributed by atoms with Crippen LogP contribution in [-0.2, 0) is 4.79 Å². The van der Waals surface area contributed by atoms with Gasteiger partial charge in [0.15, 0.2) is 0 Å². The lowest BCUT2D eigenvalue weighted by atomic mass is 9.85. The molecule has 0 saturated carbocycles. The molecule has 23 heavy (non-hydrogen) atoms. The minimum absolute atomic E-state index is 0.00852. The second-order valence-corrected chi connectivity index (χ2v) is 6.85. The topological polar surface area (TPSA) is 40.6 Å². The van der Waals surface area contributed by atoms with E-state index in [0.717, 1.165) is 50.8 Å². The summed E-state index contributed by atoms with van der Waals surface area (Å²) in [5.74, 6) is 0.178. The molecule has 1 aromatic carbocycles. The molecule has 1 aromatic rings. The summed E-state index contributed by atoms with van der Waals surface area (Å²) < 4.78 is 0. The van der Waals surface area contributed by atoms with E-state index in [1.165, 1.54) is 0 Å². The first kappa shape index (κ1) is 16.0. The third-order valence-corrected chi connectivity index (χ3v) is 5.23. The summed E-state index contributed by atoms with van der Waals surface area (Å²) in [5.41, 5.74) is 1.24. The van der Waals surface area contributed by atoms with E-state index in [1.54, 1.807) is 0 Å². The predicted molar refractivity (Wildman–Crippen MR) is 90.3 cm³/mol. The molecule has 4 nitrogen and oxygen atoms in total. The van der Waals surface area contributed by atoms with Crippen molar-refractivity contribution in [3.63, 3.8) is 0 Å². The Hall–Kier alpha value is -1.84. The van der Waals surface area contributed by atoms with E-state index >= 15 is 0 Å². The number of hydrogen-bond donors (Lipinski definition) is 0. The number of piperidine rings is 1. The highest BCUT2D eigenvalue weighted by atomic mass is 16.2. The SMILES string of the molecule is CCCN1CCCC2(CCCN2C(=O)c2ccc(C)cc2)C1=O.